The van der Waals surface area contributed by atoms with Crippen LogP contribution < -0.4 is 10.1 Å². The van der Waals surface area contributed by atoms with Gasteiger partial charge in [-0.2, -0.15) is 0 Å². The number of nitrogens with zero attached hydrogens (tertiary/aromatic N) is 1. The van der Waals surface area contributed by atoms with Gasteiger partial charge >= 0.3 is 5.69 Å². The third-order valence-electron chi connectivity index (χ3n) is 2.69. The van der Waals surface area contributed by atoms with Gasteiger partial charge in [-0.1, -0.05) is 17.7 Å². The Kier molecular flexibility index (Phi) is 6.18. The van der Waals surface area contributed by atoms with E-state index < -0.39 is 4.92 Å². The lowest BCUT2D eigenvalue weighted by atomic mass is 10.1. The summed E-state index contributed by atoms with van der Waals surface area (Å²) in [6.07, 6.45) is 0. The highest BCUT2D eigenvalue weighted by Crippen LogP contribution is 2.28. The standard InChI is InChI=1S/C15H21ClN2O3/c1-11(8-16)10-21-14-7-12(9-17-15(2,3)4)5-6-13(14)18(19)20/h5-8,17H,9-10H2,1-4H3/b11-8-. The maximum atomic E-state index is 11.0. The number of nitro benzene ring substituents is 1. The van der Waals surface area contributed by atoms with Gasteiger partial charge in [-0.25, -0.2) is 0 Å². The van der Waals surface area contributed by atoms with Crippen LogP contribution in [0, 0.1) is 10.1 Å². The summed E-state index contributed by atoms with van der Waals surface area (Å²) in [5.74, 6) is 0.256. The van der Waals surface area contributed by atoms with Crippen LogP contribution in [0.25, 0.3) is 0 Å². The summed E-state index contributed by atoms with van der Waals surface area (Å²) >= 11 is 5.57. The van der Waals surface area contributed by atoms with E-state index in [0.717, 1.165) is 11.1 Å². The van der Waals surface area contributed by atoms with Crippen molar-refractivity contribution in [3.05, 3.63) is 45.0 Å². The molecule has 1 aromatic carbocycles. The highest BCUT2D eigenvalue weighted by molar-refractivity contribution is 6.25. The van der Waals surface area contributed by atoms with Gasteiger partial charge in [0.05, 0.1) is 4.92 Å². The first-order valence-corrected chi connectivity index (χ1v) is 7.07. The quantitative estimate of drug-likeness (QED) is 0.637. The monoisotopic (exact) mass is 312 g/mol. The van der Waals surface area contributed by atoms with E-state index in [0.29, 0.717) is 6.54 Å². The normalized spacial score (nSPS) is 12.3. The van der Waals surface area contributed by atoms with E-state index in [1.165, 1.54) is 11.6 Å². The number of hydrogen-bond donors (Lipinski definition) is 1. The molecule has 0 bridgehead atoms. The molecule has 5 nitrogen and oxygen atoms in total. The molecule has 1 N–H and O–H groups in total. The molecule has 0 amide bonds. The van der Waals surface area contributed by atoms with Crippen LogP contribution in [0.1, 0.15) is 33.3 Å². The minimum atomic E-state index is -0.448. The van der Waals surface area contributed by atoms with Gasteiger partial charge < -0.3 is 10.1 Å². The summed E-state index contributed by atoms with van der Waals surface area (Å²) in [5, 5.41) is 14.4. The Bertz CT molecular complexity index is 536. The summed E-state index contributed by atoms with van der Waals surface area (Å²) in [6.45, 7) is 8.81. The zero-order chi connectivity index (χ0) is 16.0. The van der Waals surface area contributed by atoms with Crippen LogP contribution in [-0.4, -0.2) is 17.1 Å². The molecule has 0 aliphatic rings. The summed E-state index contributed by atoms with van der Waals surface area (Å²) in [5.41, 5.74) is 3.05. The number of hydrogen-bond acceptors (Lipinski definition) is 4. The van der Waals surface area contributed by atoms with Gasteiger partial charge in [0.2, 0.25) is 0 Å². The van der Waals surface area contributed by atoms with E-state index in [1.54, 1.807) is 19.1 Å². The number of halogens is 1. The number of rotatable bonds is 6. The first-order valence-electron chi connectivity index (χ1n) is 6.64. The van der Waals surface area contributed by atoms with Crippen molar-refractivity contribution in [2.45, 2.75) is 39.8 Å². The van der Waals surface area contributed by atoms with E-state index in [2.05, 4.69) is 26.1 Å². The van der Waals surface area contributed by atoms with E-state index in [-0.39, 0.29) is 23.6 Å². The molecule has 0 spiro atoms. The van der Waals surface area contributed by atoms with Crippen molar-refractivity contribution >= 4 is 17.3 Å². The number of nitrogens with one attached hydrogen (secondary N) is 1. The maximum Gasteiger partial charge on any atom is 0.310 e. The maximum absolute atomic E-state index is 11.0. The summed E-state index contributed by atoms with van der Waals surface area (Å²) < 4.78 is 5.50. The van der Waals surface area contributed by atoms with E-state index in [4.69, 9.17) is 16.3 Å². The highest BCUT2D eigenvalue weighted by Gasteiger charge is 2.16. The van der Waals surface area contributed by atoms with E-state index in [9.17, 15) is 10.1 Å². The van der Waals surface area contributed by atoms with E-state index >= 15 is 0 Å². The molecule has 0 heterocycles. The fraction of sp³-hybridized carbons (Fsp3) is 0.467. The Labute approximate surface area is 130 Å². The molecule has 1 rings (SSSR count). The predicted molar refractivity (Wildman–Crippen MR) is 84.8 cm³/mol. The molecule has 0 radical (unpaired) electrons. The van der Waals surface area contributed by atoms with Crippen molar-refractivity contribution in [2.24, 2.45) is 0 Å². The first kappa shape index (κ1) is 17.5. The Hall–Kier alpha value is -1.59. The third-order valence-corrected chi connectivity index (χ3v) is 3.06. The van der Waals surface area contributed by atoms with Gasteiger partial charge in [-0.15, -0.1) is 0 Å². The molecule has 0 saturated carbocycles. The minimum absolute atomic E-state index is 0.0270. The summed E-state index contributed by atoms with van der Waals surface area (Å²) in [7, 11) is 0. The van der Waals surface area contributed by atoms with Crippen LogP contribution in [0.15, 0.2) is 29.3 Å². The number of ether oxygens (including phenoxy) is 1. The van der Waals surface area contributed by atoms with Gasteiger partial charge in [0.25, 0.3) is 0 Å². The van der Waals surface area contributed by atoms with Gasteiger partial charge in [-0.3, -0.25) is 10.1 Å². The van der Waals surface area contributed by atoms with Crippen LogP contribution in [-0.2, 0) is 6.54 Å². The van der Waals surface area contributed by atoms with Crippen molar-refractivity contribution in [1.29, 1.82) is 0 Å². The molecule has 0 unspecified atom stereocenters. The lowest BCUT2D eigenvalue weighted by molar-refractivity contribution is -0.385. The Morgan fingerprint density at radius 3 is 2.67 bits per heavy atom. The average Bonchev–Trinajstić information content (AvgIpc) is 2.41. The minimum Gasteiger partial charge on any atom is -0.482 e. The second-order valence-electron chi connectivity index (χ2n) is 5.91. The highest BCUT2D eigenvalue weighted by atomic mass is 35.5. The molecule has 1 aromatic rings. The largest absolute Gasteiger partial charge is 0.482 e. The molecule has 0 aromatic heterocycles. The molecule has 116 valence electrons. The van der Waals surface area contributed by atoms with Gasteiger partial charge in [0, 0.05) is 23.7 Å². The van der Waals surface area contributed by atoms with Crippen LogP contribution in [0.2, 0.25) is 0 Å². The van der Waals surface area contributed by atoms with Gasteiger partial charge in [0.1, 0.15) is 6.61 Å². The SMILES string of the molecule is C/C(=C/Cl)COc1cc(CNC(C)(C)C)ccc1[N+](=O)[O-]. The fourth-order valence-corrected chi connectivity index (χ4v) is 1.59. The van der Waals surface area contributed by atoms with Gasteiger partial charge in [-0.05, 0) is 44.9 Å². The summed E-state index contributed by atoms with van der Waals surface area (Å²) in [4.78, 5) is 10.6. The average molecular weight is 313 g/mol. The molecule has 0 aliphatic heterocycles. The van der Waals surface area contributed by atoms with Crippen molar-refractivity contribution in [3.8, 4) is 5.75 Å². The molecular weight excluding hydrogens is 292 g/mol. The van der Waals surface area contributed by atoms with Gasteiger partial charge in [0.15, 0.2) is 5.75 Å². The second-order valence-corrected chi connectivity index (χ2v) is 6.13. The zero-order valence-electron chi connectivity index (χ0n) is 12.8. The topological polar surface area (TPSA) is 64.4 Å². The van der Waals surface area contributed by atoms with Crippen molar-refractivity contribution < 1.29 is 9.66 Å². The van der Waals surface area contributed by atoms with Crippen molar-refractivity contribution in [1.82, 2.24) is 5.32 Å². The van der Waals surface area contributed by atoms with Crippen molar-refractivity contribution in [2.75, 3.05) is 6.61 Å². The lowest BCUT2D eigenvalue weighted by Crippen LogP contribution is -2.35. The molecule has 6 heteroatoms. The van der Waals surface area contributed by atoms with Crippen LogP contribution in [0.3, 0.4) is 0 Å². The number of nitro groups is 1. The molecule has 0 fully saturated rings. The molecule has 0 aliphatic carbocycles. The molecule has 21 heavy (non-hydrogen) atoms. The summed E-state index contributed by atoms with van der Waals surface area (Å²) in [6, 6.07) is 4.89. The molecular formula is C15H21ClN2O3. The zero-order valence-corrected chi connectivity index (χ0v) is 13.5. The second kappa shape index (κ2) is 7.43. The van der Waals surface area contributed by atoms with Crippen molar-refractivity contribution in [3.63, 3.8) is 0 Å². The van der Waals surface area contributed by atoms with Crippen LogP contribution in [0.4, 0.5) is 5.69 Å². The van der Waals surface area contributed by atoms with E-state index in [1.807, 2.05) is 0 Å². The lowest BCUT2D eigenvalue weighted by Gasteiger charge is -2.20. The third kappa shape index (κ3) is 6.14. The van der Waals surface area contributed by atoms with Crippen LogP contribution in [0.5, 0.6) is 5.75 Å². The predicted octanol–water partition coefficient (Wildman–Crippen LogP) is 4.00. The molecule has 0 atom stereocenters. The smallest absolute Gasteiger partial charge is 0.310 e. The Morgan fingerprint density at radius 2 is 2.14 bits per heavy atom. The first-order chi connectivity index (χ1) is 9.73. The molecule has 0 saturated heterocycles. The van der Waals surface area contributed by atoms with Crippen LogP contribution >= 0.6 is 11.6 Å². The Morgan fingerprint density at radius 1 is 1.48 bits per heavy atom. The number of benzene rings is 1. The fourth-order valence-electron chi connectivity index (χ4n) is 1.53. The Balaban J connectivity index is 2.92.